The van der Waals surface area contributed by atoms with E-state index in [0.717, 1.165) is 49.4 Å². The summed E-state index contributed by atoms with van der Waals surface area (Å²) in [5.74, 6) is 1.34. The Bertz CT molecular complexity index is 1090. The third-order valence-corrected chi connectivity index (χ3v) is 7.03. The van der Waals surface area contributed by atoms with Crippen LogP contribution in [0.15, 0.2) is 29.3 Å². The molecule has 33 heavy (non-hydrogen) atoms. The highest BCUT2D eigenvalue weighted by molar-refractivity contribution is 7.98. The Balaban J connectivity index is 1.92. The molecule has 0 bridgehead atoms. The zero-order chi connectivity index (χ0) is 24.0. The number of carbonyl (C=O) groups excluding carboxylic acids is 1. The third kappa shape index (κ3) is 5.65. The number of hydrogen-bond donors (Lipinski definition) is 0. The van der Waals surface area contributed by atoms with Gasteiger partial charge in [0, 0.05) is 45.0 Å². The van der Waals surface area contributed by atoms with Gasteiger partial charge in [0.05, 0.1) is 12.1 Å². The molecule has 1 aliphatic heterocycles. The Morgan fingerprint density at radius 3 is 2.61 bits per heavy atom. The Morgan fingerprint density at radius 1 is 1.27 bits per heavy atom. The number of nitriles is 1. The molecule has 172 valence electrons. The maximum atomic E-state index is 11.6. The van der Waals surface area contributed by atoms with Crippen LogP contribution in [0.5, 0.6) is 0 Å². The summed E-state index contributed by atoms with van der Waals surface area (Å²) >= 11 is 1.52. The van der Waals surface area contributed by atoms with Gasteiger partial charge >= 0.3 is 0 Å². The molecule has 7 nitrogen and oxygen atoms in total. The fourth-order valence-corrected chi connectivity index (χ4v) is 4.86. The molecule has 1 aromatic carbocycles. The average Bonchev–Trinajstić information content (AvgIpc) is 3.05. The number of pyridine rings is 1. The zero-order valence-corrected chi connectivity index (χ0v) is 20.6. The van der Waals surface area contributed by atoms with E-state index in [9.17, 15) is 10.1 Å². The van der Waals surface area contributed by atoms with Crippen molar-refractivity contribution in [2.45, 2.75) is 37.5 Å². The molecule has 1 saturated heterocycles. The van der Waals surface area contributed by atoms with Crippen molar-refractivity contribution in [3.05, 3.63) is 52.4 Å². The molecule has 1 aliphatic rings. The first kappa shape index (κ1) is 24.6. The van der Waals surface area contributed by atoms with Gasteiger partial charge in [0.25, 0.3) is 0 Å². The summed E-state index contributed by atoms with van der Waals surface area (Å²) in [4.78, 5) is 26.4. The predicted molar refractivity (Wildman–Crippen MR) is 134 cm³/mol. The van der Waals surface area contributed by atoms with Crippen molar-refractivity contribution >= 4 is 34.9 Å². The summed E-state index contributed by atoms with van der Waals surface area (Å²) in [6.45, 7) is 15.0. The van der Waals surface area contributed by atoms with Crippen LogP contribution in [-0.4, -0.2) is 56.1 Å². The molecule has 2 aromatic rings. The van der Waals surface area contributed by atoms with E-state index < -0.39 is 0 Å². The Kier molecular flexibility index (Phi) is 8.32. The number of amides is 1. The second-order valence-corrected chi connectivity index (χ2v) is 9.16. The molecular formula is C25H30N6OS. The van der Waals surface area contributed by atoms with Crippen molar-refractivity contribution in [2.24, 2.45) is 0 Å². The Labute approximate surface area is 200 Å². The lowest BCUT2D eigenvalue weighted by Crippen LogP contribution is -2.29. The number of thioether (sulfide) groups is 1. The predicted octanol–water partition coefficient (Wildman–Crippen LogP) is 4.48. The lowest BCUT2D eigenvalue weighted by Gasteiger charge is -2.25. The Morgan fingerprint density at radius 2 is 2.00 bits per heavy atom. The van der Waals surface area contributed by atoms with Gasteiger partial charge in [0.2, 0.25) is 11.6 Å². The summed E-state index contributed by atoms with van der Waals surface area (Å²) in [7, 11) is 3.87. The largest absolute Gasteiger partial charge is 0.364 e. The first-order chi connectivity index (χ1) is 15.9. The van der Waals surface area contributed by atoms with Crippen molar-refractivity contribution in [2.75, 3.05) is 50.1 Å². The molecule has 1 fully saturated rings. The van der Waals surface area contributed by atoms with E-state index in [4.69, 9.17) is 11.6 Å². The molecule has 0 radical (unpaired) electrons. The van der Waals surface area contributed by atoms with E-state index in [1.165, 1.54) is 18.7 Å². The highest BCUT2D eigenvalue weighted by Gasteiger charge is 2.24. The van der Waals surface area contributed by atoms with Gasteiger partial charge < -0.3 is 14.7 Å². The van der Waals surface area contributed by atoms with Gasteiger partial charge in [-0.25, -0.2) is 9.83 Å². The molecule has 1 aromatic heterocycles. The van der Waals surface area contributed by atoms with Crippen LogP contribution >= 0.6 is 11.8 Å². The van der Waals surface area contributed by atoms with Gasteiger partial charge in [-0.1, -0.05) is 19.1 Å². The van der Waals surface area contributed by atoms with Gasteiger partial charge in [0.1, 0.15) is 16.9 Å². The summed E-state index contributed by atoms with van der Waals surface area (Å²) in [5.41, 5.74) is 3.74. The van der Waals surface area contributed by atoms with Crippen LogP contribution in [0.4, 0.5) is 17.2 Å². The van der Waals surface area contributed by atoms with E-state index >= 15 is 0 Å². The van der Waals surface area contributed by atoms with Crippen LogP contribution in [0.3, 0.4) is 0 Å². The van der Waals surface area contributed by atoms with E-state index in [0.29, 0.717) is 34.3 Å². The number of aromatic nitrogens is 1. The SMILES string of the molecule is [C-]#[N+]c1c(N2CCCN(C)CC2)nc(SCc2ccc(N(C)C(C)=O)cc2)c(C#N)c1CC. The lowest BCUT2D eigenvalue weighted by atomic mass is 10.1. The number of anilines is 2. The molecule has 0 aliphatic carbocycles. The van der Waals surface area contributed by atoms with Crippen molar-refractivity contribution in [1.29, 1.82) is 5.26 Å². The maximum Gasteiger partial charge on any atom is 0.232 e. The number of likely N-dealkylation sites (N-methyl/N-ethyl adjacent to an activating group) is 1. The molecule has 2 heterocycles. The minimum atomic E-state index is -0.0146. The number of rotatable bonds is 6. The normalized spacial score (nSPS) is 14.3. The quantitative estimate of drug-likeness (QED) is 0.466. The van der Waals surface area contributed by atoms with Gasteiger partial charge in [-0.05, 0) is 49.7 Å². The highest BCUT2D eigenvalue weighted by atomic mass is 32.2. The van der Waals surface area contributed by atoms with Crippen molar-refractivity contribution in [1.82, 2.24) is 9.88 Å². The fraction of sp³-hybridized carbons (Fsp3) is 0.440. The highest BCUT2D eigenvalue weighted by Crippen LogP contribution is 2.39. The van der Waals surface area contributed by atoms with Crippen LogP contribution in [0, 0.1) is 17.9 Å². The molecule has 8 heteroatoms. The molecule has 0 atom stereocenters. The van der Waals surface area contributed by atoms with Crippen molar-refractivity contribution < 1.29 is 4.79 Å². The van der Waals surface area contributed by atoms with Crippen LogP contribution in [0.25, 0.3) is 4.85 Å². The minimum Gasteiger partial charge on any atom is -0.364 e. The smallest absolute Gasteiger partial charge is 0.232 e. The minimum absolute atomic E-state index is 0.0146. The summed E-state index contributed by atoms with van der Waals surface area (Å²) < 4.78 is 0. The Hall–Kier alpha value is -3.07. The number of carbonyl (C=O) groups is 1. The first-order valence-electron chi connectivity index (χ1n) is 11.1. The molecule has 1 amide bonds. The van der Waals surface area contributed by atoms with Crippen LogP contribution in [-0.2, 0) is 17.0 Å². The van der Waals surface area contributed by atoms with Crippen LogP contribution in [0.1, 0.15) is 37.0 Å². The third-order valence-electron chi connectivity index (χ3n) is 5.99. The number of nitrogens with zero attached hydrogens (tertiary/aromatic N) is 6. The molecule has 0 N–H and O–H groups in total. The average molecular weight is 463 g/mol. The van der Waals surface area contributed by atoms with E-state index in [1.54, 1.807) is 11.9 Å². The maximum absolute atomic E-state index is 11.6. The van der Waals surface area contributed by atoms with Crippen molar-refractivity contribution in [3.63, 3.8) is 0 Å². The summed E-state index contributed by atoms with van der Waals surface area (Å²) in [5, 5.41) is 10.6. The molecular weight excluding hydrogens is 432 g/mol. The zero-order valence-electron chi connectivity index (χ0n) is 19.8. The standard InChI is InChI=1S/C25H30N6OS/c1-6-21-22(16-26)25(33-17-19-8-10-20(11-9-19)30(5)18(2)32)28-24(23(21)27-3)31-13-7-12-29(4)14-15-31/h8-11H,6-7,12-15,17H2,1-2,4-5H3. The van der Waals surface area contributed by atoms with Crippen LogP contribution in [0.2, 0.25) is 0 Å². The fourth-order valence-electron chi connectivity index (χ4n) is 3.90. The van der Waals surface area contributed by atoms with E-state index in [2.05, 4.69) is 27.8 Å². The second-order valence-electron chi connectivity index (χ2n) is 8.20. The number of hydrogen-bond acceptors (Lipinski definition) is 6. The van der Waals surface area contributed by atoms with Gasteiger partial charge in [-0.15, -0.1) is 11.8 Å². The van der Waals surface area contributed by atoms with Gasteiger partial charge in [-0.3, -0.25) is 4.79 Å². The summed E-state index contributed by atoms with van der Waals surface area (Å²) in [6.07, 6.45) is 1.63. The van der Waals surface area contributed by atoms with E-state index in [1.807, 2.05) is 31.2 Å². The first-order valence-corrected chi connectivity index (χ1v) is 12.1. The topological polar surface area (TPSA) is 67.8 Å². The van der Waals surface area contributed by atoms with Gasteiger partial charge in [-0.2, -0.15) is 5.26 Å². The van der Waals surface area contributed by atoms with Gasteiger partial charge in [0.15, 0.2) is 0 Å². The van der Waals surface area contributed by atoms with E-state index in [-0.39, 0.29) is 5.91 Å². The molecule has 0 unspecified atom stereocenters. The molecule has 0 saturated carbocycles. The van der Waals surface area contributed by atoms with Crippen molar-refractivity contribution in [3.8, 4) is 6.07 Å². The monoisotopic (exact) mass is 462 g/mol. The number of benzene rings is 1. The summed E-state index contributed by atoms with van der Waals surface area (Å²) in [6, 6.07) is 10.2. The van der Waals surface area contributed by atoms with Crippen LogP contribution < -0.4 is 9.80 Å². The molecule has 0 spiro atoms. The molecule has 3 rings (SSSR count). The lowest BCUT2D eigenvalue weighted by molar-refractivity contribution is -0.116. The second kappa shape index (κ2) is 11.2.